The van der Waals surface area contributed by atoms with Gasteiger partial charge >= 0.3 is 0 Å². The van der Waals surface area contributed by atoms with Crippen molar-refractivity contribution in [3.8, 4) is 23.0 Å². The van der Waals surface area contributed by atoms with E-state index in [4.69, 9.17) is 23.7 Å². The van der Waals surface area contributed by atoms with E-state index in [2.05, 4.69) is 5.32 Å². The molecule has 33 heavy (non-hydrogen) atoms. The van der Waals surface area contributed by atoms with Gasteiger partial charge in [-0.2, -0.15) is 0 Å². The molecule has 1 aliphatic rings. The van der Waals surface area contributed by atoms with Crippen LogP contribution in [0.3, 0.4) is 0 Å². The number of carbonyl (C=O) groups excluding carboxylic acids is 1. The van der Waals surface area contributed by atoms with Gasteiger partial charge < -0.3 is 49.4 Å². The van der Waals surface area contributed by atoms with Gasteiger partial charge in [-0.25, -0.2) is 0 Å². The summed E-state index contributed by atoms with van der Waals surface area (Å²) in [7, 11) is 4.28. The summed E-state index contributed by atoms with van der Waals surface area (Å²) in [5.74, 6) is 0.281. The summed E-state index contributed by atoms with van der Waals surface area (Å²) in [5, 5.41) is 42.8. The molecule has 2 aromatic carbocycles. The van der Waals surface area contributed by atoms with E-state index >= 15 is 0 Å². The summed E-state index contributed by atoms with van der Waals surface area (Å²) in [6.45, 7) is -0.621. The van der Waals surface area contributed by atoms with Crippen molar-refractivity contribution < 1.29 is 48.9 Å². The van der Waals surface area contributed by atoms with E-state index in [0.717, 1.165) is 0 Å². The number of hydrogen-bond acceptors (Lipinski definition) is 10. The lowest BCUT2D eigenvalue weighted by Gasteiger charge is -2.40. The molecule has 0 radical (unpaired) electrons. The van der Waals surface area contributed by atoms with Crippen LogP contribution in [0.2, 0.25) is 0 Å². The summed E-state index contributed by atoms with van der Waals surface area (Å²) in [6.07, 6.45) is -7.54. The largest absolute Gasteiger partial charge is 0.497 e. The van der Waals surface area contributed by atoms with Crippen molar-refractivity contribution in [3.63, 3.8) is 0 Å². The number of aliphatic hydroxyl groups excluding tert-OH is 4. The number of benzene rings is 2. The summed E-state index contributed by atoms with van der Waals surface area (Å²) in [5.41, 5.74) is 0.416. The number of anilines is 1. The quantitative estimate of drug-likeness (QED) is 0.363. The maximum Gasteiger partial charge on any atom is 0.263 e. The molecule has 1 saturated heterocycles. The second kappa shape index (κ2) is 10.7. The normalized spacial score (nSPS) is 24.6. The minimum Gasteiger partial charge on any atom is -0.497 e. The van der Waals surface area contributed by atoms with E-state index in [1.807, 2.05) is 0 Å². The van der Waals surface area contributed by atoms with Crippen LogP contribution in [0.4, 0.5) is 5.69 Å². The van der Waals surface area contributed by atoms with Gasteiger partial charge in [0.2, 0.25) is 0 Å². The summed E-state index contributed by atoms with van der Waals surface area (Å²) < 4.78 is 26.6. The van der Waals surface area contributed by atoms with Gasteiger partial charge in [0, 0.05) is 17.8 Å². The summed E-state index contributed by atoms with van der Waals surface area (Å²) in [6, 6.07) is 9.46. The average Bonchev–Trinajstić information content (AvgIpc) is 2.83. The Bertz CT molecular complexity index is 951. The minimum absolute atomic E-state index is 0.0488. The zero-order valence-electron chi connectivity index (χ0n) is 18.3. The van der Waals surface area contributed by atoms with Gasteiger partial charge in [-0.3, -0.25) is 4.79 Å². The Balaban J connectivity index is 1.95. The first-order valence-corrected chi connectivity index (χ1v) is 10.0. The van der Waals surface area contributed by atoms with Crippen LogP contribution in [0.5, 0.6) is 23.0 Å². The fourth-order valence-corrected chi connectivity index (χ4v) is 3.37. The highest BCUT2D eigenvalue weighted by molar-refractivity contribution is 6.08. The Morgan fingerprint density at radius 1 is 0.939 bits per heavy atom. The molecule has 0 aromatic heterocycles. The second-order valence-corrected chi connectivity index (χ2v) is 7.20. The van der Waals surface area contributed by atoms with Crippen molar-refractivity contribution in [1.29, 1.82) is 0 Å². The highest BCUT2D eigenvalue weighted by Crippen LogP contribution is 2.37. The minimum atomic E-state index is -1.70. The third-order valence-corrected chi connectivity index (χ3v) is 5.18. The maximum absolute atomic E-state index is 13.2. The molecule has 11 heteroatoms. The first kappa shape index (κ1) is 24.6. The Morgan fingerprint density at radius 3 is 2.15 bits per heavy atom. The first-order valence-electron chi connectivity index (χ1n) is 10.0. The standard InChI is InChI=1S/C22H27NO10/c1-29-12-6-4-11(5-7-12)23-21(27)17-14(31-3)8-13(30-2)9-15(17)32-20-19(26)18(25)16(10-24)33-22(20)28/h4-9,16,18-20,22,24-26,28H,10H2,1-3H3,(H,23,27)/t16-,18-,19+,20-,22-/m1/s1. The third-order valence-electron chi connectivity index (χ3n) is 5.18. The Labute approximate surface area is 190 Å². The van der Waals surface area contributed by atoms with Crippen molar-refractivity contribution in [2.75, 3.05) is 33.3 Å². The van der Waals surface area contributed by atoms with Crippen molar-refractivity contribution in [2.24, 2.45) is 0 Å². The van der Waals surface area contributed by atoms with E-state index in [-0.39, 0.29) is 22.8 Å². The number of amides is 1. The van der Waals surface area contributed by atoms with Crippen molar-refractivity contribution in [2.45, 2.75) is 30.7 Å². The van der Waals surface area contributed by atoms with Crippen molar-refractivity contribution in [3.05, 3.63) is 42.0 Å². The molecule has 1 amide bonds. The fraction of sp³-hybridized carbons (Fsp3) is 0.409. The van der Waals surface area contributed by atoms with Crippen LogP contribution in [0.15, 0.2) is 36.4 Å². The molecule has 3 rings (SSSR count). The highest BCUT2D eigenvalue weighted by Gasteiger charge is 2.45. The Morgan fingerprint density at radius 2 is 1.58 bits per heavy atom. The van der Waals surface area contributed by atoms with Crippen LogP contribution < -0.4 is 24.3 Å². The molecule has 0 spiro atoms. The number of rotatable bonds is 8. The topological polar surface area (TPSA) is 156 Å². The summed E-state index contributed by atoms with van der Waals surface area (Å²) >= 11 is 0. The molecule has 2 aromatic rings. The molecule has 0 unspecified atom stereocenters. The zero-order valence-corrected chi connectivity index (χ0v) is 18.3. The molecule has 5 N–H and O–H groups in total. The molecule has 1 heterocycles. The highest BCUT2D eigenvalue weighted by atomic mass is 16.7. The Hall–Kier alpha value is -3.09. The molecule has 180 valence electrons. The lowest BCUT2D eigenvalue weighted by atomic mass is 9.99. The number of ether oxygens (including phenoxy) is 5. The molecular formula is C22H27NO10. The number of methoxy groups -OCH3 is 3. The molecular weight excluding hydrogens is 438 g/mol. The van der Waals surface area contributed by atoms with Crippen LogP contribution in [0.25, 0.3) is 0 Å². The predicted molar refractivity (Wildman–Crippen MR) is 115 cm³/mol. The molecule has 5 atom stereocenters. The summed E-state index contributed by atoms with van der Waals surface area (Å²) in [4.78, 5) is 13.2. The molecule has 0 saturated carbocycles. The van der Waals surface area contributed by atoms with Crippen molar-refractivity contribution in [1.82, 2.24) is 0 Å². The van der Waals surface area contributed by atoms with Crippen LogP contribution in [-0.2, 0) is 4.74 Å². The van der Waals surface area contributed by atoms with Gasteiger partial charge in [0.05, 0.1) is 27.9 Å². The number of nitrogens with one attached hydrogen (secondary N) is 1. The van der Waals surface area contributed by atoms with E-state index in [9.17, 15) is 25.2 Å². The fourth-order valence-electron chi connectivity index (χ4n) is 3.37. The lowest BCUT2D eigenvalue weighted by Crippen LogP contribution is -2.60. The van der Waals surface area contributed by atoms with E-state index in [1.54, 1.807) is 24.3 Å². The molecule has 0 aliphatic carbocycles. The van der Waals surface area contributed by atoms with E-state index < -0.39 is 43.2 Å². The zero-order chi connectivity index (χ0) is 24.1. The van der Waals surface area contributed by atoms with E-state index in [0.29, 0.717) is 11.4 Å². The van der Waals surface area contributed by atoms with Gasteiger partial charge in [-0.05, 0) is 24.3 Å². The van der Waals surface area contributed by atoms with Gasteiger partial charge in [0.1, 0.15) is 46.9 Å². The van der Waals surface area contributed by atoms with Crippen LogP contribution in [0.1, 0.15) is 10.4 Å². The van der Waals surface area contributed by atoms with Crippen LogP contribution >= 0.6 is 0 Å². The first-order chi connectivity index (χ1) is 15.8. The van der Waals surface area contributed by atoms with E-state index in [1.165, 1.54) is 33.5 Å². The molecule has 1 aliphatic heterocycles. The van der Waals surface area contributed by atoms with Gasteiger partial charge in [-0.15, -0.1) is 0 Å². The number of carbonyl (C=O) groups is 1. The predicted octanol–water partition coefficient (Wildman–Crippen LogP) is 0.143. The van der Waals surface area contributed by atoms with Gasteiger partial charge in [-0.1, -0.05) is 0 Å². The maximum atomic E-state index is 13.2. The molecule has 1 fully saturated rings. The SMILES string of the molecule is COc1ccc(NC(=O)c2c(OC)cc(OC)cc2O[C@@H]2[C@@H](O)[C@H](O)[C@@H](CO)O[C@H]2O)cc1. The van der Waals surface area contributed by atoms with Gasteiger partial charge in [0.25, 0.3) is 5.91 Å². The Kier molecular flexibility index (Phi) is 7.95. The smallest absolute Gasteiger partial charge is 0.263 e. The average molecular weight is 465 g/mol. The number of hydrogen-bond donors (Lipinski definition) is 5. The van der Waals surface area contributed by atoms with Crippen LogP contribution in [0, 0.1) is 0 Å². The number of aliphatic hydroxyl groups is 4. The van der Waals surface area contributed by atoms with Crippen molar-refractivity contribution >= 4 is 11.6 Å². The molecule has 0 bridgehead atoms. The van der Waals surface area contributed by atoms with Crippen LogP contribution in [-0.4, -0.2) is 85.0 Å². The second-order valence-electron chi connectivity index (χ2n) is 7.20. The lowest BCUT2D eigenvalue weighted by molar-refractivity contribution is -0.280. The van der Waals surface area contributed by atoms with Gasteiger partial charge in [0.15, 0.2) is 12.4 Å². The third kappa shape index (κ3) is 5.29. The monoisotopic (exact) mass is 465 g/mol. The molecule has 11 nitrogen and oxygen atoms in total.